The number of nitrogens with zero attached hydrogens (tertiary/aromatic N) is 1. The Morgan fingerprint density at radius 2 is 0.603 bits per heavy atom. The lowest BCUT2D eigenvalue weighted by molar-refractivity contribution is -0.687. The van der Waals surface area contributed by atoms with Gasteiger partial charge in [0.25, 0.3) is 0 Å². The van der Waals surface area contributed by atoms with Crippen LogP contribution in [0.4, 0.5) is 87.8 Å². The first-order valence-electron chi connectivity index (χ1n) is 16.9. The molecule has 0 unspecified atom stereocenters. The molecule has 0 saturated heterocycles. The Labute approximate surface area is 337 Å². The molecule has 1 aromatic heterocycles. The van der Waals surface area contributed by atoms with Gasteiger partial charge in [-0.1, -0.05) is 18.2 Å². The lowest BCUT2D eigenvalue weighted by Crippen LogP contribution is -2.81. The molecule has 0 fully saturated rings. The molecule has 23 heteroatoms. The van der Waals surface area contributed by atoms with Crippen LogP contribution in [0.3, 0.4) is 0 Å². The predicted octanol–water partition coefficient (Wildman–Crippen LogP) is 8.73. The maximum Gasteiger partial charge on any atom is 0.200 e. The van der Waals surface area contributed by atoms with E-state index in [0.29, 0.717) is 5.75 Å². The van der Waals surface area contributed by atoms with Crippen molar-refractivity contribution in [3.8, 4) is 5.75 Å². The standard InChI is InChI=1S/C24BF20.C16H13NO/c26-5-1(6(27)14(35)21(42)13(5)34)25(2-7(28)15(36)22(43)16(37)8(2)29,3-9(30)17(38)23(44)18(39)10(3)31)4-11(32)19(40)24(45)20(41)12(4)33;18-16-7-5-13(6-8-16)11-17-10-9-14-3-1-2-4-15(14)12-17/h;1-10,12H,11H2/q-1;/p+1. The van der Waals surface area contributed by atoms with E-state index < -0.39 is 144 Å². The average Bonchev–Trinajstić information content (AvgIpc) is 3.27. The van der Waals surface area contributed by atoms with Gasteiger partial charge in [0.2, 0.25) is 0 Å². The van der Waals surface area contributed by atoms with Crippen molar-refractivity contribution in [2.24, 2.45) is 0 Å². The number of halogens is 20. The molecule has 7 aromatic rings. The van der Waals surface area contributed by atoms with Crippen LogP contribution in [0.15, 0.2) is 67.0 Å². The first kappa shape index (κ1) is 45.7. The van der Waals surface area contributed by atoms with Crippen molar-refractivity contribution >= 4 is 38.8 Å². The molecule has 1 N–H and O–H groups in total. The minimum atomic E-state index is -7.22. The van der Waals surface area contributed by atoms with E-state index >= 15 is 35.1 Å². The van der Waals surface area contributed by atoms with Gasteiger partial charge < -0.3 is 5.11 Å². The zero-order chi connectivity index (χ0) is 46.7. The van der Waals surface area contributed by atoms with Crippen LogP contribution in [0, 0.1) is 116 Å². The molecule has 63 heavy (non-hydrogen) atoms. The van der Waals surface area contributed by atoms with Crippen molar-refractivity contribution in [1.82, 2.24) is 0 Å². The van der Waals surface area contributed by atoms with E-state index in [1.165, 1.54) is 16.3 Å². The maximum absolute atomic E-state index is 15.4. The molecule has 0 radical (unpaired) electrons. The molecule has 0 aliphatic rings. The fourth-order valence-electron chi connectivity index (χ4n) is 6.96. The van der Waals surface area contributed by atoms with Crippen LogP contribution in [0.25, 0.3) is 10.8 Å². The number of aromatic hydroxyl groups is 1. The largest absolute Gasteiger partial charge is 0.508 e. The topological polar surface area (TPSA) is 24.1 Å². The zero-order valence-corrected chi connectivity index (χ0v) is 30.1. The molecule has 328 valence electrons. The van der Waals surface area contributed by atoms with Gasteiger partial charge in [-0.25, -0.2) is 92.4 Å². The van der Waals surface area contributed by atoms with Gasteiger partial charge in [0.05, 0.1) is 0 Å². The number of hydrogen-bond acceptors (Lipinski definition) is 1. The first-order chi connectivity index (χ1) is 29.5. The first-order valence-corrected chi connectivity index (χ1v) is 16.9. The Hall–Kier alpha value is -6.81. The van der Waals surface area contributed by atoms with Gasteiger partial charge in [0.15, 0.2) is 88.7 Å². The van der Waals surface area contributed by atoms with Crippen LogP contribution in [-0.4, -0.2) is 11.3 Å². The van der Waals surface area contributed by atoms with Crippen LogP contribution in [-0.2, 0) is 6.54 Å². The van der Waals surface area contributed by atoms with Gasteiger partial charge >= 0.3 is 0 Å². The second kappa shape index (κ2) is 16.8. The number of phenols is 1. The van der Waals surface area contributed by atoms with Crippen molar-refractivity contribution in [3.05, 3.63) is 189 Å². The van der Waals surface area contributed by atoms with Gasteiger partial charge in [-0.15, -0.1) is 21.9 Å². The summed E-state index contributed by atoms with van der Waals surface area (Å²) in [6.45, 7) is 0.811. The zero-order valence-electron chi connectivity index (χ0n) is 30.1. The molecular weight excluding hydrogens is 901 g/mol. The van der Waals surface area contributed by atoms with Crippen LogP contribution in [0.2, 0.25) is 0 Å². The summed E-state index contributed by atoms with van der Waals surface area (Å²) in [6.07, 6.45) is -3.00. The van der Waals surface area contributed by atoms with E-state index in [2.05, 4.69) is 35.2 Å². The number of aromatic nitrogens is 1. The highest BCUT2D eigenvalue weighted by atomic mass is 19.2. The molecule has 0 spiro atoms. The van der Waals surface area contributed by atoms with E-state index in [1.54, 1.807) is 12.1 Å². The summed E-state index contributed by atoms with van der Waals surface area (Å²) in [5, 5.41) is 11.7. The molecule has 0 aliphatic heterocycles. The molecule has 0 bridgehead atoms. The van der Waals surface area contributed by atoms with E-state index in [4.69, 9.17) is 0 Å². The summed E-state index contributed by atoms with van der Waals surface area (Å²) in [4.78, 5) is 0. The minimum absolute atomic E-state index is 0.308. The van der Waals surface area contributed by atoms with Gasteiger partial charge in [0.1, 0.15) is 58.4 Å². The summed E-state index contributed by atoms with van der Waals surface area (Å²) < 4.78 is 296. The minimum Gasteiger partial charge on any atom is -0.508 e. The third-order valence-corrected chi connectivity index (χ3v) is 9.76. The molecule has 0 aliphatic carbocycles. The Morgan fingerprint density at radius 1 is 0.333 bits per heavy atom. The van der Waals surface area contributed by atoms with Crippen LogP contribution in [0.1, 0.15) is 5.56 Å². The fourth-order valence-corrected chi connectivity index (χ4v) is 6.96. The van der Waals surface area contributed by atoms with Crippen LogP contribution in [0.5, 0.6) is 5.75 Å². The Kier molecular flexibility index (Phi) is 12.2. The van der Waals surface area contributed by atoms with Gasteiger partial charge in [-0.3, -0.25) is 0 Å². The summed E-state index contributed by atoms with van der Waals surface area (Å²) in [5.41, 5.74) is -13.2. The Morgan fingerprint density at radius 3 is 0.905 bits per heavy atom. The lowest BCUT2D eigenvalue weighted by atomic mass is 9.12. The summed E-state index contributed by atoms with van der Waals surface area (Å²) in [7, 11) is 0. The summed E-state index contributed by atoms with van der Waals surface area (Å²) in [5.74, 6) is -71.1. The molecule has 0 amide bonds. The van der Waals surface area contributed by atoms with Crippen molar-refractivity contribution in [1.29, 1.82) is 0 Å². The molecule has 7 rings (SSSR count). The van der Waals surface area contributed by atoms with E-state index in [9.17, 15) is 57.8 Å². The smallest absolute Gasteiger partial charge is 0.200 e. The number of phenolic OH excluding ortho intramolecular Hbond substituents is 1. The normalized spacial score (nSPS) is 11.6. The molecule has 1 heterocycles. The van der Waals surface area contributed by atoms with Gasteiger partial charge in [-0.05, 0) is 35.7 Å². The van der Waals surface area contributed by atoms with E-state index in [0.717, 1.165) is 6.54 Å². The van der Waals surface area contributed by atoms with Crippen molar-refractivity contribution in [2.45, 2.75) is 6.54 Å². The highest BCUT2D eigenvalue weighted by molar-refractivity contribution is 7.20. The molecule has 0 saturated carbocycles. The lowest BCUT2D eigenvalue weighted by Gasteiger charge is -2.44. The Balaban J connectivity index is 0.000000302. The number of fused-ring (bicyclic) bond motifs is 1. The average molecular weight is 915 g/mol. The van der Waals surface area contributed by atoms with Crippen LogP contribution < -0.4 is 26.4 Å². The predicted molar refractivity (Wildman–Crippen MR) is 181 cm³/mol. The van der Waals surface area contributed by atoms with Crippen molar-refractivity contribution in [2.75, 3.05) is 0 Å². The Bertz CT molecular complexity index is 2620. The monoisotopic (exact) mass is 915 g/mol. The quantitative estimate of drug-likeness (QED) is 0.0584. The molecule has 2 nitrogen and oxygen atoms in total. The van der Waals surface area contributed by atoms with Gasteiger partial charge in [-0.2, -0.15) is 0 Å². The van der Waals surface area contributed by atoms with E-state index in [1.807, 2.05) is 24.3 Å². The number of hydrogen-bond donors (Lipinski definition) is 1. The van der Waals surface area contributed by atoms with Crippen LogP contribution >= 0.6 is 0 Å². The maximum atomic E-state index is 15.4. The second-order valence-corrected chi connectivity index (χ2v) is 13.2. The number of benzene rings is 6. The number of pyridine rings is 1. The summed E-state index contributed by atoms with van der Waals surface area (Å²) in [6, 6.07) is 17.8. The molecule has 6 aromatic carbocycles. The molecule has 0 atom stereocenters. The highest BCUT2D eigenvalue weighted by Crippen LogP contribution is 2.31. The van der Waals surface area contributed by atoms with Crippen molar-refractivity contribution in [3.63, 3.8) is 0 Å². The summed E-state index contributed by atoms with van der Waals surface area (Å²) >= 11 is 0. The third-order valence-electron chi connectivity index (χ3n) is 9.76. The van der Waals surface area contributed by atoms with Crippen molar-refractivity contribution < 1.29 is 97.5 Å². The fraction of sp³-hybridized carbons (Fsp3) is 0.0250. The highest BCUT2D eigenvalue weighted by Gasteiger charge is 2.52. The van der Waals surface area contributed by atoms with Gasteiger partial charge in [0, 0.05) is 17.0 Å². The number of rotatable bonds is 6. The second-order valence-electron chi connectivity index (χ2n) is 13.2. The SMILES string of the molecule is Fc1c(F)c(F)c([B-](c2c(F)c(F)c(F)c(F)c2F)(c2c(F)c(F)c(F)c(F)c2F)c2c(F)c(F)c(F)c(F)c2F)c(F)c1F.Oc1ccc(C[n+]2ccc3ccccc3c2)cc1. The molecular formula is C40H14BF20NO. The third kappa shape index (κ3) is 7.21. The van der Waals surface area contributed by atoms with E-state index in [-0.39, 0.29) is 0 Å².